The van der Waals surface area contributed by atoms with E-state index in [9.17, 15) is 0 Å². The Morgan fingerprint density at radius 1 is 1.21 bits per heavy atom. The molecular weight excluding hydrogens is 279 g/mol. The number of nitrogens with zero attached hydrogens (tertiary/aromatic N) is 1. The Labute approximate surface area is 123 Å². The summed E-state index contributed by atoms with van der Waals surface area (Å²) in [6.45, 7) is 1.98. The Morgan fingerprint density at radius 2 is 2.00 bits per heavy atom. The number of nitrogens with one attached hydrogen (secondary N) is 1. The van der Waals surface area contributed by atoms with Gasteiger partial charge in [0.25, 0.3) is 0 Å². The monoisotopic (exact) mass is 294 g/mol. The number of aryl methyl sites for hydroxylation is 1. The molecule has 0 fully saturated rings. The van der Waals surface area contributed by atoms with Gasteiger partial charge in [0.1, 0.15) is 0 Å². The minimum Gasteiger partial charge on any atom is -0.313 e. The fourth-order valence-electron chi connectivity index (χ4n) is 2.00. The van der Waals surface area contributed by atoms with Crippen LogP contribution in [-0.2, 0) is 6.42 Å². The Morgan fingerprint density at radius 3 is 2.63 bits per heavy atom. The van der Waals surface area contributed by atoms with E-state index in [1.54, 1.807) is 6.07 Å². The van der Waals surface area contributed by atoms with Crippen molar-refractivity contribution >= 4 is 23.2 Å². The predicted octanol–water partition coefficient (Wildman–Crippen LogP) is 4.20. The zero-order valence-corrected chi connectivity index (χ0v) is 12.5. The first kappa shape index (κ1) is 14.3. The number of pyridine rings is 1. The Bertz CT molecular complexity index is 553. The summed E-state index contributed by atoms with van der Waals surface area (Å²) in [5.74, 6) is 0. The van der Waals surface area contributed by atoms with Crippen molar-refractivity contribution in [3.63, 3.8) is 0 Å². The standard InChI is InChI=1S/C15H16Cl2N2/c1-10-6-7-12(9-19-10)14(18-2)8-11-4-3-5-13(16)15(11)17/h3-7,9,14,18H,8H2,1-2H3. The first-order chi connectivity index (χ1) is 9.11. The third kappa shape index (κ3) is 3.47. The lowest BCUT2D eigenvalue weighted by atomic mass is 10.00. The van der Waals surface area contributed by atoms with Gasteiger partial charge in [-0.25, -0.2) is 0 Å². The van der Waals surface area contributed by atoms with E-state index in [-0.39, 0.29) is 6.04 Å². The molecule has 0 bridgehead atoms. The molecule has 1 unspecified atom stereocenters. The van der Waals surface area contributed by atoms with Crippen molar-refractivity contribution in [2.45, 2.75) is 19.4 Å². The number of halogens is 2. The van der Waals surface area contributed by atoms with E-state index in [1.165, 1.54) is 0 Å². The summed E-state index contributed by atoms with van der Waals surface area (Å²) in [6.07, 6.45) is 2.68. The highest BCUT2D eigenvalue weighted by Gasteiger charge is 2.13. The molecule has 2 rings (SSSR count). The van der Waals surface area contributed by atoms with Gasteiger partial charge in [0.2, 0.25) is 0 Å². The Hall–Kier alpha value is -1.09. The summed E-state index contributed by atoms with van der Waals surface area (Å²) >= 11 is 12.3. The molecule has 0 spiro atoms. The molecule has 2 nitrogen and oxygen atoms in total. The van der Waals surface area contributed by atoms with Crippen LogP contribution < -0.4 is 5.32 Å². The molecule has 0 aliphatic rings. The van der Waals surface area contributed by atoms with E-state index in [0.717, 1.165) is 23.2 Å². The normalized spacial score (nSPS) is 12.4. The van der Waals surface area contributed by atoms with Gasteiger partial charge in [0, 0.05) is 17.9 Å². The quantitative estimate of drug-likeness (QED) is 0.914. The minimum atomic E-state index is 0.170. The highest BCUT2D eigenvalue weighted by atomic mass is 35.5. The van der Waals surface area contributed by atoms with Gasteiger partial charge in [-0.3, -0.25) is 4.98 Å². The summed E-state index contributed by atoms with van der Waals surface area (Å²) in [6, 6.07) is 9.99. The first-order valence-electron chi connectivity index (χ1n) is 6.14. The topological polar surface area (TPSA) is 24.9 Å². The molecule has 0 amide bonds. The fraction of sp³-hybridized carbons (Fsp3) is 0.267. The van der Waals surface area contributed by atoms with Crippen molar-refractivity contribution < 1.29 is 0 Å². The summed E-state index contributed by atoms with van der Waals surface area (Å²) in [4.78, 5) is 4.33. The second-order valence-corrected chi connectivity index (χ2v) is 5.28. The fourth-order valence-corrected chi connectivity index (χ4v) is 2.40. The van der Waals surface area contributed by atoms with Crippen LogP contribution in [0, 0.1) is 6.92 Å². The number of benzene rings is 1. The Balaban J connectivity index is 2.24. The molecular formula is C15H16Cl2N2. The molecule has 1 heterocycles. The predicted molar refractivity (Wildman–Crippen MR) is 80.9 cm³/mol. The molecule has 0 saturated heterocycles. The van der Waals surface area contributed by atoms with Crippen molar-refractivity contribution in [3.05, 3.63) is 63.4 Å². The SMILES string of the molecule is CNC(Cc1cccc(Cl)c1Cl)c1ccc(C)nc1. The molecule has 0 saturated carbocycles. The highest BCUT2D eigenvalue weighted by Crippen LogP contribution is 2.29. The van der Waals surface area contributed by atoms with Crippen LogP contribution in [0.3, 0.4) is 0 Å². The van der Waals surface area contributed by atoms with Crippen molar-refractivity contribution in [3.8, 4) is 0 Å². The third-order valence-electron chi connectivity index (χ3n) is 3.14. The van der Waals surface area contributed by atoms with Crippen molar-refractivity contribution in [2.24, 2.45) is 0 Å². The van der Waals surface area contributed by atoms with Crippen molar-refractivity contribution in [1.29, 1.82) is 0 Å². The summed E-state index contributed by atoms with van der Waals surface area (Å²) in [5.41, 5.74) is 3.19. The second-order valence-electron chi connectivity index (χ2n) is 4.49. The maximum atomic E-state index is 6.23. The van der Waals surface area contributed by atoms with E-state index in [1.807, 2.05) is 38.4 Å². The number of likely N-dealkylation sites (N-methyl/N-ethyl adjacent to an activating group) is 1. The first-order valence-corrected chi connectivity index (χ1v) is 6.90. The molecule has 2 aromatic rings. The maximum absolute atomic E-state index is 6.23. The van der Waals surface area contributed by atoms with Gasteiger partial charge in [-0.15, -0.1) is 0 Å². The van der Waals surface area contributed by atoms with E-state index in [4.69, 9.17) is 23.2 Å². The number of hydrogen-bond acceptors (Lipinski definition) is 2. The lowest BCUT2D eigenvalue weighted by Gasteiger charge is -2.17. The van der Waals surface area contributed by atoms with Gasteiger partial charge < -0.3 is 5.32 Å². The largest absolute Gasteiger partial charge is 0.313 e. The van der Waals surface area contributed by atoms with Gasteiger partial charge in [-0.2, -0.15) is 0 Å². The van der Waals surface area contributed by atoms with E-state index in [2.05, 4.69) is 16.4 Å². The highest BCUT2D eigenvalue weighted by molar-refractivity contribution is 6.42. The zero-order chi connectivity index (χ0) is 13.8. The van der Waals surface area contributed by atoms with Gasteiger partial charge in [-0.05, 0) is 43.7 Å². The molecule has 0 radical (unpaired) electrons. The van der Waals surface area contributed by atoms with Gasteiger partial charge in [-0.1, -0.05) is 41.4 Å². The van der Waals surface area contributed by atoms with Crippen LogP contribution in [0.1, 0.15) is 22.9 Å². The van der Waals surface area contributed by atoms with Crippen LogP contribution in [0.25, 0.3) is 0 Å². The van der Waals surface area contributed by atoms with Gasteiger partial charge in [0.05, 0.1) is 10.0 Å². The summed E-state index contributed by atoms with van der Waals surface area (Å²) in [7, 11) is 1.93. The van der Waals surface area contributed by atoms with Gasteiger partial charge >= 0.3 is 0 Å². The van der Waals surface area contributed by atoms with Crippen LogP contribution >= 0.6 is 23.2 Å². The lowest BCUT2D eigenvalue weighted by molar-refractivity contribution is 0.590. The lowest BCUT2D eigenvalue weighted by Crippen LogP contribution is -2.19. The molecule has 1 aromatic carbocycles. The van der Waals surface area contributed by atoms with E-state index >= 15 is 0 Å². The van der Waals surface area contributed by atoms with Crippen LogP contribution in [0.15, 0.2) is 36.5 Å². The minimum absolute atomic E-state index is 0.170. The van der Waals surface area contributed by atoms with Crippen LogP contribution in [0.5, 0.6) is 0 Å². The molecule has 4 heteroatoms. The second kappa shape index (κ2) is 6.38. The number of rotatable bonds is 4. The molecule has 1 N–H and O–H groups in total. The van der Waals surface area contributed by atoms with Crippen LogP contribution in [0.2, 0.25) is 10.0 Å². The smallest absolute Gasteiger partial charge is 0.0624 e. The molecule has 19 heavy (non-hydrogen) atoms. The molecule has 100 valence electrons. The van der Waals surface area contributed by atoms with E-state index < -0.39 is 0 Å². The van der Waals surface area contributed by atoms with Crippen molar-refractivity contribution in [2.75, 3.05) is 7.05 Å². The summed E-state index contributed by atoms with van der Waals surface area (Å²) < 4.78 is 0. The number of hydrogen-bond donors (Lipinski definition) is 1. The number of aromatic nitrogens is 1. The van der Waals surface area contributed by atoms with Crippen LogP contribution in [0.4, 0.5) is 0 Å². The molecule has 0 aliphatic carbocycles. The third-order valence-corrected chi connectivity index (χ3v) is 4.00. The molecule has 1 aromatic heterocycles. The van der Waals surface area contributed by atoms with Gasteiger partial charge in [0.15, 0.2) is 0 Å². The molecule has 1 atom stereocenters. The maximum Gasteiger partial charge on any atom is 0.0624 e. The Kier molecular flexibility index (Phi) is 4.81. The average molecular weight is 295 g/mol. The van der Waals surface area contributed by atoms with Crippen LogP contribution in [-0.4, -0.2) is 12.0 Å². The van der Waals surface area contributed by atoms with E-state index in [0.29, 0.717) is 10.0 Å². The zero-order valence-electron chi connectivity index (χ0n) is 11.0. The molecule has 0 aliphatic heterocycles. The summed E-state index contributed by atoms with van der Waals surface area (Å²) in [5, 5.41) is 4.51. The van der Waals surface area contributed by atoms with Crippen molar-refractivity contribution in [1.82, 2.24) is 10.3 Å². The average Bonchev–Trinajstić information content (AvgIpc) is 2.42.